The standard InChI is InChI=1S/C13H15Cl2NO4S/c14-11-4-3-9(8-12(11)21(15,18)19)13(17)16-6-5-10-2-1-7-20-10/h3-4,8,10H,1-2,5-7H2,(H,16,17). The lowest BCUT2D eigenvalue weighted by Crippen LogP contribution is -2.27. The van der Waals surface area contributed by atoms with E-state index in [0.717, 1.165) is 25.9 Å². The van der Waals surface area contributed by atoms with Gasteiger partial charge in [0.25, 0.3) is 15.0 Å². The highest BCUT2D eigenvalue weighted by Crippen LogP contribution is 2.25. The van der Waals surface area contributed by atoms with Crippen molar-refractivity contribution in [1.82, 2.24) is 5.32 Å². The highest BCUT2D eigenvalue weighted by Gasteiger charge is 2.18. The van der Waals surface area contributed by atoms with Crippen LogP contribution in [0.25, 0.3) is 0 Å². The maximum absolute atomic E-state index is 12.0. The topological polar surface area (TPSA) is 72.5 Å². The molecule has 2 rings (SSSR count). The van der Waals surface area contributed by atoms with E-state index in [1.165, 1.54) is 18.2 Å². The maximum Gasteiger partial charge on any atom is 0.262 e. The maximum atomic E-state index is 12.0. The molecule has 1 saturated heterocycles. The summed E-state index contributed by atoms with van der Waals surface area (Å²) in [6.45, 7) is 1.24. The largest absolute Gasteiger partial charge is 0.378 e. The molecule has 0 aromatic heterocycles. The highest BCUT2D eigenvalue weighted by molar-refractivity contribution is 8.13. The number of amides is 1. The van der Waals surface area contributed by atoms with Crippen molar-refractivity contribution >= 4 is 37.2 Å². The van der Waals surface area contributed by atoms with Crippen LogP contribution < -0.4 is 5.32 Å². The molecule has 1 heterocycles. The third-order valence-corrected chi connectivity index (χ3v) is 5.04. The first-order valence-corrected chi connectivity index (χ1v) is 9.20. The number of carbonyl (C=O) groups is 1. The van der Waals surface area contributed by atoms with Gasteiger partial charge in [0.05, 0.1) is 11.1 Å². The number of halogens is 2. The second-order valence-electron chi connectivity index (χ2n) is 4.76. The Balaban J connectivity index is 1.99. The van der Waals surface area contributed by atoms with Crippen molar-refractivity contribution in [3.05, 3.63) is 28.8 Å². The van der Waals surface area contributed by atoms with Crippen LogP contribution in [0.3, 0.4) is 0 Å². The zero-order valence-electron chi connectivity index (χ0n) is 11.1. The number of hydrogen-bond donors (Lipinski definition) is 1. The number of rotatable bonds is 5. The lowest BCUT2D eigenvalue weighted by molar-refractivity contribution is 0.0907. The molecule has 5 nitrogen and oxygen atoms in total. The lowest BCUT2D eigenvalue weighted by atomic mass is 10.1. The Bertz CT molecular complexity index is 627. The van der Waals surface area contributed by atoms with Crippen LogP contribution in [0.2, 0.25) is 5.02 Å². The van der Waals surface area contributed by atoms with Crippen LogP contribution in [0, 0.1) is 0 Å². The van der Waals surface area contributed by atoms with Gasteiger partial charge in [-0.2, -0.15) is 0 Å². The van der Waals surface area contributed by atoms with Gasteiger partial charge in [-0.05, 0) is 37.5 Å². The molecule has 8 heteroatoms. The zero-order valence-corrected chi connectivity index (χ0v) is 13.5. The third-order valence-electron chi connectivity index (χ3n) is 3.23. The van der Waals surface area contributed by atoms with Crippen molar-refractivity contribution < 1.29 is 17.9 Å². The van der Waals surface area contributed by atoms with Gasteiger partial charge in [-0.1, -0.05) is 11.6 Å². The summed E-state index contributed by atoms with van der Waals surface area (Å²) in [6, 6.07) is 3.97. The molecule has 1 amide bonds. The fraction of sp³-hybridized carbons (Fsp3) is 0.462. The van der Waals surface area contributed by atoms with Crippen LogP contribution in [0.5, 0.6) is 0 Å². The molecule has 1 atom stereocenters. The van der Waals surface area contributed by atoms with Gasteiger partial charge >= 0.3 is 0 Å². The predicted molar refractivity (Wildman–Crippen MR) is 80.4 cm³/mol. The Labute approximate surface area is 133 Å². The van der Waals surface area contributed by atoms with Gasteiger partial charge in [0.2, 0.25) is 0 Å². The molecular weight excluding hydrogens is 337 g/mol. The number of carbonyl (C=O) groups excluding carboxylic acids is 1. The number of nitrogens with one attached hydrogen (secondary N) is 1. The van der Waals surface area contributed by atoms with Gasteiger partial charge in [0.1, 0.15) is 4.90 Å². The molecule has 0 radical (unpaired) electrons. The predicted octanol–water partition coefficient (Wildman–Crippen LogP) is 2.57. The van der Waals surface area contributed by atoms with Crippen molar-refractivity contribution in [3.63, 3.8) is 0 Å². The summed E-state index contributed by atoms with van der Waals surface area (Å²) in [4.78, 5) is 11.7. The summed E-state index contributed by atoms with van der Waals surface area (Å²) in [6.07, 6.45) is 2.98. The molecule has 1 aliphatic heterocycles. The van der Waals surface area contributed by atoms with Gasteiger partial charge in [-0.25, -0.2) is 8.42 Å². The van der Waals surface area contributed by atoms with E-state index < -0.39 is 9.05 Å². The Morgan fingerprint density at radius 3 is 2.81 bits per heavy atom. The molecule has 1 aliphatic rings. The van der Waals surface area contributed by atoms with Gasteiger partial charge in [-0.3, -0.25) is 4.79 Å². The molecule has 1 N–H and O–H groups in total. The van der Waals surface area contributed by atoms with Crippen LogP contribution >= 0.6 is 22.3 Å². The Morgan fingerprint density at radius 1 is 1.43 bits per heavy atom. The third kappa shape index (κ3) is 4.57. The minimum Gasteiger partial charge on any atom is -0.378 e. The summed E-state index contributed by atoms with van der Waals surface area (Å²) in [5.74, 6) is -0.369. The number of ether oxygens (including phenoxy) is 1. The van der Waals surface area contributed by atoms with E-state index in [1.807, 2.05) is 0 Å². The van der Waals surface area contributed by atoms with E-state index >= 15 is 0 Å². The van der Waals surface area contributed by atoms with Crippen LogP contribution in [-0.2, 0) is 13.8 Å². The smallest absolute Gasteiger partial charge is 0.262 e. The van der Waals surface area contributed by atoms with E-state index in [4.69, 9.17) is 27.0 Å². The fourth-order valence-corrected chi connectivity index (χ4v) is 3.64. The first-order chi connectivity index (χ1) is 9.88. The normalized spacial score (nSPS) is 18.7. The van der Waals surface area contributed by atoms with Crippen molar-refractivity contribution in [2.75, 3.05) is 13.2 Å². The van der Waals surface area contributed by atoms with Gasteiger partial charge in [0.15, 0.2) is 0 Å². The molecular formula is C13H15Cl2NO4S. The average Bonchev–Trinajstić information content (AvgIpc) is 2.91. The molecule has 0 saturated carbocycles. The molecule has 21 heavy (non-hydrogen) atoms. The molecule has 1 unspecified atom stereocenters. The molecule has 1 aromatic rings. The van der Waals surface area contributed by atoms with Gasteiger partial charge in [0, 0.05) is 29.4 Å². The van der Waals surface area contributed by atoms with Crippen molar-refractivity contribution in [2.45, 2.75) is 30.3 Å². The van der Waals surface area contributed by atoms with E-state index in [1.54, 1.807) is 0 Å². The number of benzene rings is 1. The summed E-state index contributed by atoms with van der Waals surface area (Å²) in [5, 5.41) is 2.71. The minimum absolute atomic E-state index is 0.0131. The molecule has 1 fully saturated rings. The second kappa shape index (κ2) is 6.96. The van der Waals surface area contributed by atoms with E-state index in [-0.39, 0.29) is 27.5 Å². The molecule has 0 bridgehead atoms. The molecule has 1 aromatic carbocycles. The monoisotopic (exact) mass is 351 g/mol. The Kier molecular flexibility index (Phi) is 5.48. The van der Waals surface area contributed by atoms with Crippen molar-refractivity contribution in [3.8, 4) is 0 Å². The van der Waals surface area contributed by atoms with Crippen LogP contribution in [0.1, 0.15) is 29.6 Å². The first-order valence-electron chi connectivity index (χ1n) is 6.52. The molecule has 116 valence electrons. The zero-order chi connectivity index (χ0) is 15.5. The van der Waals surface area contributed by atoms with E-state index in [9.17, 15) is 13.2 Å². The Hall–Kier alpha value is -0.820. The van der Waals surface area contributed by atoms with E-state index in [2.05, 4.69) is 5.32 Å². The molecule has 0 spiro atoms. The highest BCUT2D eigenvalue weighted by atomic mass is 35.7. The molecule has 0 aliphatic carbocycles. The van der Waals surface area contributed by atoms with Gasteiger partial charge < -0.3 is 10.1 Å². The first kappa shape index (κ1) is 16.5. The summed E-state index contributed by atoms with van der Waals surface area (Å²) in [5.41, 5.74) is 0.200. The van der Waals surface area contributed by atoms with Crippen molar-refractivity contribution in [2.24, 2.45) is 0 Å². The van der Waals surface area contributed by atoms with Crippen molar-refractivity contribution in [1.29, 1.82) is 0 Å². The minimum atomic E-state index is -3.98. The van der Waals surface area contributed by atoms with Crippen LogP contribution in [-0.4, -0.2) is 33.6 Å². The lowest BCUT2D eigenvalue weighted by Gasteiger charge is -2.10. The quantitative estimate of drug-likeness (QED) is 0.827. The SMILES string of the molecule is O=C(NCCC1CCCO1)c1ccc(Cl)c(S(=O)(=O)Cl)c1. The van der Waals surface area contributed by atoms with Crippen LogP contribution in [0.15, 0.2) is 23.1 Å². The Morgan fingerprint density at radius 2 is 2.19 bits per heavy atom. The summed E-state index contributed by atoms with van der Waals surface area (Å²) >= 11 is 5.76. The number of hydrogen-bond acceptors (Lipinski definition) is 4. The van der Waals surface area contributed by atoms with Crippen LogP contribution in [0.4, 0.5) is 0 Å². The fourth-order valence-electron chi connectivity index (χ4n) is 2.15. The van der Waals surface area contributed by atoms with Gasteiger partial charge in [-0.15, -0.1) is 0 Å². The van der Waals surface area contributed by atoms with E-state index in [0.29, 0.717) is 6.54 Å². The summed E-state index contributed by atoms with van der Waals surface area (Å²) in [7, 11) is 1.29. The summed E-state index contributed by atoms with van der Waals surface area (Å²) < 4.78 is 28.2. The average molecular weight is 352 g/mol. The second-order valence-corrected chi connectivity index (χ2v) is 7.70.